The second-order valence-electron chi connectivity index (χ2n) is 10.4. The number of hydrogen-bond donors (Lipinski definition) is 3. The number of hydrogen-bond acceptors (Lipinski definition) is 8. The van der Waals surface area contributed by atoms with Gasteiger partial charge in [0.1, 0.15) is 11.6 Å². The van der Waals surface area contributed by atoms with Crippen molar-refractivity contribution in [3.63, 3.8) is 0 Å². The van der Waals surface area contributed by atoms with Crippen molar-refractivity contribution in [3.05, 3.63) is 42.1 Å². The van der Waals surface area contributed by atoms with Gasteiger partial charge in [0.25, 0.3) is 0 Å². The van der Waals surface area contributed by atoms with Gasteiger partial charge in [-0.25, -0.2) is 9.97 Å². The normalized spacial score (nSPS) is 20.6. The van der Waals surface area contributed by atoms with Crippen molar-refractivity contribution >= 4 is 40.8 Å². The molecule has 2 fully saturated rings. The first kappa shape index (κ1) is 26.5. The number of H-pyrrole nitrogens is 1. The van der Waals surface area contributed by atoms with Gasteiger partial charge in [-0.3, -0.25) is 14.8 Å². The van der Waals surface area contributed by atoms with E-state index in [0.29, 0.717) is 29.7 Å². The maximum absolute atomic E-state index is 11.7. The van der Waals surface area contributed by atoms with Crippen molar-refractivity contribution in [1.82, 2.24) is 25.1 Å². The van der Waals surface area contributed by atoms with Crippen LogP contribution in [0.3, 0.4) is 0 Å². The van der Waals surface area contributed by atoms with E-state index in [1.54, 1.807) is 0 Å². The van der Waals surface area contributed by atoms with Gasteiger partial charge in [-0.15, -0.1) is 0 Å². The Morgan fingerprint density at radius 2 is 1.74 bits per heavy atom. The fourth-order valence-electron chi connectivity index (χ4n) is 5.59. The van der Waals surface area contributed by atoms with E-state index in [2.05, 4.69) is 44.5 Å². The average molecular weight is 535 g/mol. The van der Waals surface area contributed by atoms with E-state index in [0.717, 1.165) is 59.7 Å². The van der Waals surface area contributed by atoms with Crippen LogP contribution in [-0.2, 0) is 4.79 Å². The van der Waals surface area contributed by atoms with Crippen molar-refractivity contribution < 1.29 is 4.79 Å². The number of aromatic amines is 1. The molecule has 2 atom stereocenters. The molecule has 2 aliphatic heterocycles. The Hall–Kier alpha value is -3.11. The Balaban J connectivity index is 1.33. The molecule has 5 rings (SSSR count). The van der Waals surface area contributed by atoms with Crippen LogP contribution in [0.2, 0.25) is 0 Å². The van der Waals surface area contributed by atoms with E-state index < -0.39 is 0 Å². The van der Waals surface area contributed by atoms with Crippen molar-refractivity contribution in [1.29, 1.82) is 0 Å². The summed E-state index contributed by atoms with van der Waals surface area (Å²) in [7, 11) is 0. The first-order valence-electron chi connectivity index (χ1n) is 13.7. The lowest BCUT2D eigenvalue weighted by molar-refractivity contribution is -0.115. The van der Waals surface area contributed by atoms with Gasteiger partial charge < -0.3 is 15.5 Å². The Labute approximate surface area is 229 Å². The number of anilines is 4. The molecule has 3 aromatic rings. The molecule has 0 saturated carbocycles. The van der Waals surface area contributed by atoms with E-state index in [-0.39, 0.29) is 5.91 Å². The number of nitrogens with one attached hydrogen (secondary N) is 3. The summed E-state index contributed by atoms with van der Waals surface area (Å²) in [5.41, 5.74) is 1.77. The molecule has 2 aliphatic rings. The highest BCUT2D eigenvalue weighted by atomic mass is 32.2. The summed E-state index contributed by atoms with van der Waals surface area (Å²) in [6, 6.07) is 13.8. The fraction of sp³-hybridized carbons (Fsp3) is 0.500. The molecular weight excluding hydrogens is 496 g/mol. The first-order chi connectivity index (χ1) is 18.4. The van der Waals surface area contributed by atoms with E-state index in [1.165, 1.54) is 24.6 Å². The van der Waals surface area contributed by atoms with Crippen molar-refractivity contribution in [3.8, 4) is 0 Å². The van der Waals surface area contributed by atoms with Crippen molar-refractivity contribution in [2.75, 3.05) is 28.6 Å². The summed E-state index contributed by atoms with van der Waals surface area (Å²) >= 11 is 1.51. The third-order valence-electron chi connectivity index (χ3n) is 7.55. The van der Waals surface area contributed by atoms with Crippen LogP contribution in [0.1, 0.15) is 58.6 Å². The number of amides is 1. The van der Waals surface area contributed by atoms with Crippen LogP contribution >= 0.6 is 11.8 Å². The second-order valence-corrected chi connectivity index (χ2v) is 11.5. The Morgan fingerprint density at radius 1 is 1.03 bits per heavy atom. The number of carbonyl (C=O) groups excluding carboxylic acids is 1. The Kier molecular flexibility index (Phi) is 8.18. The minimum Gasteiger partial charge on any atom is -0.356 e. The van der Waals surface area contributed by atoms with Crippen LogP contribution in [-0.4, -0.2) is 62.2 Å². The van der Waals surface area contributed by atoms with Gasteiger partial charge in [-0.05, 0) is 82.5 Å². The second kappa shape index (κ2) is 11.7. The van der Waals surface area contributed by atoms with Gasteiger partial charge in [0.15, 0.2) is 11.0 Å². The molecular formula is C28H38N8OS. The van der Waals surface area contributed by atoms with Gasteiger partial charge in [0.2, 0.25) is 5.91 Å². The summed E-state index contributed by atoms with van der Waals surface area (Å²) in [6.07, 6.45) is 5.36. The number of carbonyl (C=O) groups is 1. The monoisotopic (exact) mass is 534 g/mol. The summed E-state index contributed by atoms with van der Waals surface area (Å²) in [5.74, 6) is 2.39. The van der Waals surface area contributed by atoms with Crippen LogP contribution < -0.4 is 15.5 Å². The molecule has 1 amide bonds. The van der Waals surface area contributed by atoms with Crippen LogP contribution in [0.15, 0.2) is 46.5 Å². The summed E-state index contributed by atoms with van der Waals surface area (Å²) < 4.78 is 0. The highest BCUT2D eigenvalue weighted by Crippen LogP contribution is 2.33. The van der Waals surface area contributed by atoms with E-state index in [1.807, 2.05) is 50.2 Å². The van der Waals surface area contributed by atoms with Crippen LogP contribution in [0.5, 0.6) is 0 Å². The molecule has 38 heavy (non-hydrogen) atoms. The molecule has 10 heteroatoms. The quantitative estimate of drug-likeness (QED) is 0.321. The molecule has 3 N–H and O–H groups in total. The van der Waals surface area contributed by atoms with E-state index >= 15 is 0 Å². The number of nitrogens with zero attached hydrogens (tertiary/aromatic N) is 5. The van der Waals surface area contributed by atoms with E-state index in [9.17, 15) is 4.79 Å². The lowest BCUT2D eigenvalue weighted by Crippen LogP contribution is -2.48. The zero-order chi connectivity index (χ0) is 26.6. The summed E-state index contributed by atoms with van der Waals surface area (Å²) in [5, 5.41) is 14.2. The van der Waals surface area contributed by atoms with Crippen LogP contribution in [0.4, 0.5) is 23.1 Å². The molecule has 0 radical (unpaired) electrons. The SMILES string of the molecule is CCC(=O)Nc1ccc(Sc2nc(Nc3cc(C)[nH]n3)cc(N3CCC(N4[C@H](C)CC[C@H]4C)CC3)n2)cc1. The maximum Gasteiger partial charge on any atom is 0.224 e. The van der Waals surface area contributed by atoms with Gasteiger partial charge in [-0.2, -0.15) is 5.10 Å². The molecule has 0 spiro atoms. The van der Waals surface area contributed by atoms with Gasteiger partial charge in [0.05, 0.1) is 0 Å². The average Bonchev–Trinajstić information content (AvgIpc) is 3.48. The molecule has 2 saturated heterocycles. The standard InChI is InChI=1S/C28H38N8OS/c1-5-27(37)29-21-8-10-23(11-9-21)38-28-31-24(30-25-16-18(2)33-34-25)17-26(32-28)35-14-12-22(13-15-35)36-19(3)6-7-20(36)4/h8-11,16-17,19-20,22H,5-7,12-15H2,1-4H3,(H,29,37)(H2,30,31,32,33,34)/t19-,20-/m1/s1. The third kappa shape index (κ3) is 6.30. The number of aryl methyl sites for hydroxylation is 1. The molecule has 0 aliphatic carbocycles. The van der Waals surface area contributed by atoms with Crippen molar-refractivity contribution in [2.24, 2.45) is 0 Å². The Bertz CT molecular complexity index is 1230. The van der Waals surface area contributed by atoms with Gasteiger partial charge >= 0.3 is 0 Å². The van der Waals surface area contributed by atoms with Gasteiger partial charge in [-0.1, -0.05) is 6.92 Å². The summed E-state index contributed by atoms with van der Waals surface area (Å²) in [6.45, 7) is 10.5. The van der Waals surface area contributed by atoms with Crippen LogP contribution in [0.25, 0.3) is 0 Å². The number of piperidine rings is 1. The molecule has 0 unspecified atom stereocenters. The molecule has 4 heterocycles. The highest BCUT2D eigenvalue weighted by molar-refractivity contribution is 7.99. The number of benzene rings is 1. The summed E-state index contributed by atoms with van der Waals surface area (Å²) in [4.78, 5) is 27.6. The number of aromatic nitrogens is 4. The lowest BCUT2D eigenvalue weighted by atomic mass is 10.0. The predicted octanol–water partition coefficient (Wildman–Crippen LogP) is 5.59. The highest BCUT2D eigenvalue weighted by Gasteiger charge is 2.35. The number of rotatable bonds is 8. The molecule has 2 aromatic heterocycles. The smallest absolute Gasteiger partial charge is 0.224 e. The maximum atomic E-state index is 11.7. The zero-order valence-electron chi connectivity index (χ0n) is 22.7. The van der Waals surface area contributed by atoms with Crippen molar-refractivity contribution in [2.45, 2.75) is 88.0 Å². The molecule has 202 valence electrons. The molecule has 0 bridgehead atoms. The molecule has 9 nitrogen and oxygen atoms in total. The van der Waals surface area contributed by atoms with Crippen LogP contribution in [0, 0.1) is 6.92 Å². The minimum absolute atomic E-state index is 0.00294. The fourth-order valence-corrected chi connectivity index (χ4v) is 6.35. The number of likely N-dealkylation sites (tertiary alicyclic amines) is 1. The Morgan fingerprint density at radius 3 is 2.37 bits per heavy atom. The molecule has 1 aromatic carbocycles. The topological polar surface area (TPSA) is 102 Å². The predicted molar refractivity (Wildman–Crippen MR) is 153 cm³/mol. The lowest BCUT2D eigenvalue weighted by Gasteiger charge is -2.41. The zero-order valence-corrected chi connectivity index (χ0v) is 23.5. The van der Waals surface area contributed by atoms with Gasteiger partial charge in [0, 0.05) is 66.0 Å². The first-order valence-corrected chi connectivity index (χ1v) is 14.5. The third-order valence-corrected chi connectivity index (χ3v) is 8.43. The largest absolute Gasteiger partial charge is 0.356 e. The van der Waals surface area contributed by atoms with E-state index in [4.69, 9.17) is 9.97 Å². The minimum atomic E-state index is 0.00294.